The molecule has 4 aliphatic rings. The van der Waals surface area contributed by atoms with Crippen molar-refractivity contribution in [3.05, 3.63) is 24.8 Å². The van der Waals surface area contributed by atoms with Gasteiger partial charge in [0, 0.05) is 19.3 Å². The van der Waals surface area contributed by atoms with Crippen LogP contribution in [0.25, 0.3) is 0 Å². The van der Waals surface area contributed by atoms with E-state index in [1.54, 1.807) is 0 Å². The van der Waals surface area contributed by atoms with Gasteiger partial charge in [-0.2, -0.15) is 0 Å². The molecule has 0 aromatic carbocycles. The van der Waals surface area contributed by atoms with E-state index in [0.717, 1.165) is 25.7 Å². The lowest BCUT2D eigenvalue weighted by Crippen LogP contribution is -2.52. The maximum Gasteiger partial charge on any atom is 0.302 e. The van der Waals surface area contributed by atoms with Gasteiger partial charge in [0.25, 0.3) is 0 Å². The number of hydrogen-bond donors (Lipinski definition) is 0. The molecule has 0 saturated heterocycles. The van der Waals surface area contributed by atoms with Crippen molar-refractivity contribution in [1.82, 2.24) is 0 Å². The molecule has 0 radical (unpaired) electrons. The highest BCUT2D eigenvalue weighted by molar-refractivity contribution is 5.91. The summed E-state index contributed by atoms with van der Waals surface area (Å²) in [6.07, 6.45) is 12.5. The first-order valence-corrected chi connectivity index (χ1v) is 10.3. The molecular weight excluding hydrogens is 324 g/mol. The van der Waals surface area contributed by atoms with Crippen molar-refractivity contribution in [3.8, 4) is 0 Å². The maximum absolute atomic E-state index is 11.9. The topological polar surface area (TPSA) is 43.4 Å². The smallest absolute Gasteiger partial charge is 0.302 e. The predicted octanol–water partition coefficient (Wildman–Crippen LogP) is 4.72. The number of esters is 1. The van der Waals surface area contributed by atoms with Crippen molar-refractivity contribution in [2.75, 3.05) is 0 Å². The molecule has 4 aliphatic carbocycles. The van der Waals surface area contributed by atoms with Crippen molar-refractivity contribution in [3.63, 3.8) is 0 Å². The highest BCUT2D eigenvalue weighted by atomic mass is 16.5. The predicted molar refractivity (Wildman–Crippen MR) is 101 cm³/mol. The minimum absolute atomic E-state index is 0.0206. The molecular formula is C23H32O3. The van der Waals surface area contributed by atoms with Gasteiger partial charge in [0.15, 0.2) is 5.78 Å². The fourth-order valence-corrected chi connectivity index (χ4v) is 7.42. The molecule has 3 heteroatoms. The Morgan fingerprint density at radius 2 is 2.04 bits per heavy atom. The summed E-state index contributed by atoms with van der Waals surface area (Å²) in [5.41, 5.74) is 0.335. The van der Waals surface area contributed by atoms with Gasteiger partial charge in [-0.05, 0) is 72.7 Å². The molecule has 4 rings (SSSR count). The van der Waals surface area contributed by atoms with Gasteiger partial charge in [-0.1, -0.05) is 26.0 Å². The third-order valence-electron chi connectivity index (χ3n) is 8.70. The second-order valence-corrected chi connectivity index (χ2v) is 9.71. The van der Waals surface area contributed by atoms with Gasteiger partial charge in [0.2, 0.25) is 0 Å². The van der Waals surface area contributed by atoms with E-state index in [9.17, 15) is 9.59 Å². The van der Waals surface area contributed by atoms with Crippen LogP contribution in [-0.4, -0.2) is 17.9 Å². The first-order chi connectivity index (χ1) is 12.3. The third-order valence-corrected chi connectivity index (χ3v) is 8.70. The van der Waals surface area contributed by atoms with Crippen molar-refractivity contribution in [2.45, 2.75) is 65.4 Å². The molecule has 0 N–H and O–H groups in total. The lowest BCUT2D eigenvalue weighted by Gasteiger charge is -2.58. The van der Waals surface area contributed by atoms with E-state index in [-0.39, 0.29) is 28.8 Å². The van der Waals surface area contributed by atoms with E-state index in [0.29, 0.717) is 29.5 Å². The Morgan fingerprint density at radius 3 is 2.73 bits per heavy atom. The van der Waals surface area contributed by atoms with Crippen LogP contribution < -0.4 is 0 Å². The molecule has 26 heavy (non-hydrogen) atoms. The zero-order valence-corrected chi connectivity index (χ0v) is 16.4. The summed E-state index contributed by atoms with van der Waals surface area (Å²) in [5.74, 6) is 2.77. The number of ether oxygens (including phenoxy) is 1. The molecule has 3 fully saturated rings. The number of fused-ring (bicyclic) bond motifs is 5. The number of ketones is 1. The second kappa shape index (κ2) is 6.07. The van der Waals surface area contributed by atoms with E-state index in [1.807, 2.05) is 12.2 Å². The number of carbonyl (C=O) groups excluding carboxylic acids is 2. The highest BCUT2D eigenvalue weighted by Crippen LogP contribution is 2.66. The summed E-state index contributed by atoms with van der Waals surface area (Å²) in [6.45, 7) is 10.4. The maximum atomic E-state index is 11.9. The Morgan fingerprint density at radius 1 is 1.27 bits per heavy atom. The normalized spacial score (nSPS) is 49.7. The fourth-order valence-electron chi connectivity index (χ4n) is 7.42. The van der Waals surface area contributed by atoms with Crippen molar-refractivity contribution < 1.29 is 14.3 Å². The van der Waals surface area contributed by atoms with Crippen LogP contribution in [0.5, 0.6) is 0 Å². The van der Waals surface area contributed by atoms with Crippen LogP contribution >= 0.6 is 0 Å². The molecule has 0 aliphatic heterocycles. The van der Waals surface area contributed by atoms with Gasteiger partial charge in [0.1, 0.15) is 6.10 Å². The molecule has 0 bridgehead atoms. The van der Waals surface area contributed by atoms with E-state index in [4.69, 9.17) is 4.74 Å². The van der Waals surface area contributed by atoms with Gasteiger partial charge in [-0.25, -0.2) is 0 Å². The van der Waals surface area contributed by atoms with Crippen LogP contribution in [0.15, 0.2) is 24.8 Å². The molecule has 3 nitrogen and oxygen atoms in total. The summed E-state index contributed by atoms with van der Waals surface area (Å²) in [7, 11) is 0. The lowest BCUT2D eigenvalue weighted by atomic mass is 9.46. The summed E-state index contributed by atoms with van der Waals surface area (Å²) in [4.78, 5) is 23.6. The first-order valence-electron chi connectivity index (χ1n) is 10.3. The second-order valence-electron chi connectivity index (χ2n) is 9.71. The van der Waals surface area contributed by atoms with Crippen molar-refractivity contribution in [2.24, 2.45) is 40.4 Å². The number of allylic oxidation sites excluding steroid dienone is 2. The zero-order valence-electron chi connectivity index (χ0n) is 16.4. The average Bonchev–Trinajstić information content (AvgIpc) is 2.86. The summed E-state index contributed by atoms with van der Waals surface area (Å²) in [6, 6.07) is 0. The van der Waals surface area contributed by atoms with Gasteiger partial charge in [0.05, 0.1) is 0 Å². The summed E-state index contributed by atoms with van der Waals surface area (Å²) >= 11 is 0. The van der Waals surface area contributed by atoms with Gasteiger partial charge >= 0.3 is 5.97 Å². The van der Waals surface area contributed by atoms with E-state index >= 15 is 0 Å². The summed E-state index contributed by atoms with van der Waals surface area (Å²) in [5, 5.41) is 0. The Bertz CT molecular complexity index is 664. The standard InChI is InChI=1S/C23H32O3/c1-5-18-21(26-14(2)24)13-20-17-7-6-15-12-16(25)8-10-22(15,3)19(17)9-11-23(18,20)4/h5,8,10,15,17-21H,1,6-7,9,11-13H2,2-4H3. The quantitative estimate of drug-likeness (QED) is 0.531. The fraction of sp³-hybridized carbons (Fsp3) is 0.739. The lowest BCUT2D eigenvalue weighted by molar-refractivity contribution is -0.148. The molecule has 0 aromatic heterocycles. The minimum Gasteiger partial charge on any atom is -0.462 e. The molecule has 0 spiro atoms. The van der Waals surface area contributed by atoms with E-state index < -0.39 is 0 Å². The molecule has 0 amide bonds. The third kappa shape index (κ3) is 2.46. The minimum atomic E-state index is -0.176. The van der Waals surface area contributed by atoms with Crippen LogP contribution in [0.4, 0.5) is 0 Å². The highest BCUT2D eigenvalue weighted by Gasteiger charge is 2.61. The number of hydrogen-bond acceptors (Lipinski definition) is 3. The molecule has 0 heterocycles. The monoisotopic (exact) mass is 356 g/mol. The Hall–Kier alpha value is -1.38. The molecule has 3 saturated carbocycles. The van der Waals surface area contributed by atoms with Crippen LogP contribution in [0.3, 0.4) is 0 Å². The van der Waals surface area contributed by atoms with Gasteiger partial charge in [-0.15, -0.1) is 6.58 Å². The largest absolute Gasteiger partial charge is 0.462 e. The van der Waals surface area contributed by atoms with Gasteiger partial charge in [-0.3, -0.25) is 9.59 Å². The number of rotatable bonds is 2. The van der Waals surface area contributed by atoms with Crippen LogP contribution in [0.1, 0.15) is 59.3 Å². The molecule has 8 unspecified atom stereocenters. The SMILES string of the molecule is C=CC1C(OC(C)=O)CC2C3CCC4CC(=O)C=CC4(C)C3CCC12C. The Kier molecular flexibility index (Phi) is 4.20. The molecule has 142 valence electrons. The zero-order chi connectivity index (χ0) is 18.7. The van der Waals surface area contributed by atoms with Crippen molar-refractivity contribution >= 4 is 11.8 Å². The first kappa shape index (κ1) is 18.0. The molecule has 0 aromatic rings. The van der Waals surface area contributed by atoms with E-state index in [1.165, 1.54) is 19.8 Å². The Labute approximate surface area is 157 Å². The van der Waals surface area contributed by atoms with Gasteiger partial charge < -0.3 is 4.74 Å². The van der Waals surface area contributed by atoms with Crippen LogP contribution in [0.2, 0.25) is 0 Å². The van der Waals surface area contributed by atoms with E-state index in [2.05, 4.69) is 26.5 Å². The summed E-state index contributed by atoms with van der Waals surface area (Å²) < 4.78 is 5.73. The average molecular weight is 357 g/mol. The Balaban J connectivity index is 1.66. The van der Waals surface area contributed by atoms with Crippen LogP contribution in [-0.2, 0) is 14.3 Å². The molecule has 8 atom stereocenters. The number of carbonyl (C=O) groups is 2. The van der Waals surface area contributed by atoms with Crippen molar-refractivity contribution in [1.29, 1.82) is 0 Å². The van der Waals surface area contributed by atoms with Crippen LogP contribution in [0, 0.1) is 40.4 Å².